The van der Waals surface area contributed by atoms with Gasteiger partial charge in [-0.3, -0.25) is 0 Å². The zero-order chi connectivity index (χ0) is 21.3. The molecule has 0 unspecified atom stereocenters. The van der Waals surface area contributed by atoms with Crippen molar-refractivity contribution in [2.24, 2.45) is 0 Å². The van der Waals surface area contributed by atoms with Crippen molar-refractivity contribution in [2.45, 2.75) is 78.1 Å². The predicted molar refractivity (Wildman–Crippen MR) is 118 cm³/mol. The van der Waals surface area contributed by atoms with Gasteiger partial charge in [0.05, 0.1) is 13.2 Å². The summed E-state index contributed by atoms with van der Waals surface area (Å²) in [6, 6.07) is 7.09. The first-order valence-corrected chi connectivity index (χ1v) is 11.6. The Bertz CT molecular complexity index is 763. The molecule has 1 aliphatic carbocycles. The van der Waals surface area contributed by atoms with Crippen LogP contribution in [0.15, 0.2) is 24.3 Å². The first kappa shape index (κ1) is 22.6. The fraction of sp³-hybridized carbons (Fsp3) is 0.538. The quantitative estimate of drug-likeness (QED) is 0.331. The molecule has 0 N–H and O–H groups in total. The molecule has 3 rings (SSSR count). The maximum absolute atomic E-state index is 15.0. The minimum absolute atomic E-state index is 0.301. The van der Waals surface area contributed by atoms with Crippen LogP contribution in [-0.2, 0) is 12.8 Å². The molecule has 0 heterocycles. The van der Waals surface area contributed by atoms with E-state index < -0.39 is 0 Å². The van der Waals surface area contributed by atoms with Gasteiger partial charge in [-0.2, -0.15) is 0 Å². The van der Waals surface area contributed by atoms with Crippen molar-refractivity contribution >= 4 is 0 Å². The van der Waals surface area contributed by atoms with E-state index in [0.29, 0.717) is 48.7 Å². The van der Waals surface area contributed by atoms with E-state index in [-0.39, 0.29) is 11.6 Å². The van der Waals surface area contributed by atoms with Crippen molar-refractivity contribution < 1.29 is 18.3 Å². The van der Waals surface area contributed by atoms with Gasteiger partial charge in [-0.15, -0.1) is 0 Å². The van der Waals surface area contributed by atoms with Crippen LogP contribution < -0.4 is 9.47 Å². The minimum Gasteiger partial charge on any atom is -0.491 e. The highest BCUT2D eigenvalue weighted by Gasteiger charge is 2.25. The van der Waals surface area contributed by atoms with Crippen molar-refractivity contribution in [1.82, 2.24) is 0 Å². The molecule has 164 valence electrons. The van der Waals surface area contributed by atoms with E-state index in [1.54, 1.807) is 12.1 Å². The molecule has 0 aromatic heterocycles. The molecule has 0 amide bonds. The minimum atomic E-state index is -0.301. The lowest BCUT2D eigenvalue weighted by atomic mass is 9.84. The van der Waals surface area contributed by atoms with Crippen LogP contribution in [0.5, 0.6) is 11.5 Å². The fourth-order valence-electron chi connectivity index (χ4n) is 4.09. The lowest BCUT2D eigenvalue weighted by Gasteiger charge is -2.23. The zero-order valence-electron chi connectivity index (χ0n) is 18.4. The van der Waals surface area contributed by atoms with Crippen LogP contribution in [0.3, 0.4) is 0 Å². The molecule has 0 spiro atoms. The number of halogens is 2. The zero-order valence-corrected chi connectivity index (χ0v) is 18.4. The van der Waals surface area contributed by atoms with Crippen molar-refractivity contribution in [2.75, 3.05) is 13.2 Å². The van der Waals surface area contributed by atoms with Crippen molar-refractivity contribution in [3.05, 3.63) is 47.0 Å². The normalized spacial score (nSPS) is 12.4. The Morgan fingerprint density at radius 3 is 1.47 bits per heavy atom. The monoisotopic (exact) mass is 416 g/mol. The number of rotatable bonds is 12. The average Bonchev–Trinajstić information content (AvgIpc) is 2.76. The predicted octanol–water partition coefficient (Wildman–Crippen LogP) is 7.65. The Kier molecular flexibility index (Phi) is 8.53. The molecule has 0 saturated carbocycles. The molecular formula is C26H34F2O2. The van der Waals surface area contributed by atoms with Gasteiger partial charge in [0.2, 0.25) is 0 Å². The number of unbranched alkanes of at least 4 members (excludes halogenated alkanes) is 6. The molecule has 0 radical (unpaired) electrons. The summed E-state index contributed by atoms with van der Waals surface area (Å²) in [7, 11) is 0. The Hall–Kier alpha value is -2.10. The largest absolute Gasteiger partial charge is 0.491 e. The van der Waals surface area contributed by atoms with Gasteiger partial charge < -0.3 is 9.47 Å². The summed E-state index contributed by atoms with van der Waals surface area (Å²) in [6.45, 7) is 5.38. The van der Waals surface area contributed by atoms with Crippen molar-refractivity contribution in [3.8, 4) is 22.6 Å². The fourth-order valence-corrected chi connectivity index (χ4v) is 4.09. The first-order chi connectivity index (χ1) is 14.7. The van der Waals surface area contributed by atoms with Crippen LogP contribution in [-0.4, -0.2) is 13.2 Å². The van der Waals surface area contributed by atoms with E-state index in [2.05, 4.69) is 13.8 Å². The molecule has 0 saturated heterocycles. The molecule has 30 heavy (non-hydrogen) atoms. The third kappa shape index (κ3) is 5.33. The SMILES string of the molecule is CCCCCCOc1ccc2c(c1F)CCc1c-2ccc(OCCCCCC)c1F. The van der Waals surface area contributed by atoms with Gasteiger partial charge in [-0.25, -0.2) is 8.78 Å². The highest BCUT2D eigenvalue weighted by atomic mass is 19.1. The third-order valence-corrected chi connectivity index (χ3v) is 5.84. The Labute approximate surface area is 179 Å². The highest BCUT2D eigenvalue weighted by Crippen LogP contribution is 2.40. The maximum Gasteiger partial charge on any atom is 0.168 e. The van der Waals surface area contributed by atoms with Gasteiger partial charge in [-0.05, 0) is 60.1 Å². The summed E-state index contributed by atoms with van der Waals surface area (Å²) in [5.74, 6) is 0.0120. The molecule has 1 aliphatic rings. The Morgan fingerprint density at radius 1 is 0.633 bits per heavy atom. The van der Waals surface area contributed by atoms with Crippen LogP contribution in [0, 0.1) is 11.6 Å². The van der Waals surface area contributed by atoms with E-state index in [9.17, 15) is 0 Å². The molecule has 2 nitrogen and oxygen atoms in total. The summed E-state index contributed by atoms with van der Waals surface area (Å²) < 4.78 is 41.4. The molecule has 0 atom stereocenters. The molecule has 4 heteroatoms. The van der Waals surface area contributed by atoms with Gasteiger partial charge in [0, 0.05) is 0 Å². The van der Waals surface area contributed by atoms with Gasteiger partial charge in [0.15, 0.2) is 23.1 Å². The van der Waals surface area contributed by atoms with E-state index in [1.807, 2.05) is 12.1 Å². The highest BCUT2D eigenvalue weighted by molar-refractivity contribution is 5.75. The van der Waals surface area contributed by atoms with Crippen LogP contribution in [0.2, 0.25) is 0 Å². The van der Waals surface area contributed by atoms with Crippen molar-refractivity contribution in [1.29, 1.82) is 0 Å². The van der Waals surface area contributed by atoms with Crippen molar-refractivity contribution in [3.63, 3.8) is 0 Å². The molecule has 0 fully saturated rings. The summed E-state index contributed by atoms with van der Waals surface area (Å²) in [4.78, 5) is 0. The number of hydrogen-bond acceptors (Lipinski definition) is 2. The number of benzene rings is 2. The maximum atomic E-state index is 15.0. The second kappa shape index (κ2) is 11.3. The second-order valence-corrected chi connectivity index (χ2v) is 8.13. The van der Waals surface area contributed by atoms with E-state index >= 15 is 8.78 Å². The average molecular weight is 417 g/mol. The smallest absolute Gasteiger partial charge is 0.168 e. The van der Waals surface area contributed by atoms with E-state index in [4.69, 9.17) is 9.47 Å². The summed E-state index contributed by atoms with van der Waals surface area (Å²) in [5, 5.41) is 0. The standard InChI is InChI=1S/C26H34F2O2/c1-3-5-7-9-17-29-23-15-13-19-20-14-16-24(30-18-10-8-6-4-2)26(28)22(20)12-11-21(19)25(23)27/h13-16H,3-12,17-18H2,1-2H3. The van der Waals surface area contributed by atoms with E-state index in [0.717, 1.165) is 49.7 Å². The molecule has 2 aromatic carbocycles. The van der Waals surface area contributed by atoms with Crippen LogP contribution in [0.1, 0.15) is 76.3 Å². The van der Waals surface area contributed by atoms with Crippen LogP contribution >= 0.6 is 0 Å². The molecule has 0 bridgehead atoms. The van der Waals surface area contributed by atoms with Gasteiger partial charge in [-0.1, -0.05) is 64.5 Å². The Morgan fingerprint density at radius 2 is 1.07 bits per heavy atom. The molecule has 2 aromatic rings. The topological polar surface area (TPSA) is 18.5 Å². The number of ether oxygens (including phenoxy) is 2. The third-order valence-electron chi connectivity index (χ3n) is 5.84. The summed E-state index contributed by atoms with van der Waals surface area (Å²) >= 11 is 0. The second-order valence-electron chi connectivity index (χ2n) is 8.13. The first-order valence-electron chi connectivity index (χ1n) is 11.6. The van der Waals surface area contributed by atoms with Crippen LogP contribution in [0.25, 0.3) is 11.1 Å². The summed E-state index contributed by atoms with van der Waals surface area (Å²) in [6.07, 6.45) is 9.65. The summed E-state index contributed by atoms with van der Waals surface area (Å²) in [5.41, 5.74) is 2.78. The lowest BCUT2D eigenvalue weighted by Crippen LogP contribution is -2.11. The number of fused-ring (bicyclic) bond motifs is 3. The van der Waals surface area contributed by atoms with Gasteiger partial charge in [0.25, 0.3) is 0 Å². The Balaban J connectivity index is 1.71. The molecule has 0 aliphatic heterocycles. The lowest BCUT2D eigenvalue weighted by molar-refractivity contribution is 0.288. The number of hydrogen-bond donors (Lipinski definition) is 0. The van der Waals surface area contributed by atoms with Gasteiger partial charge >= 0.3 is 0 Å². The van der Waals surface area contributed by atoms with Crippen LogP contribution in [0.4, 0.5) is 8.78 Å². The van der Waals surface area contributed by atoms with Gasteiger partial charge in [0.1, 0.15) is 0 Å². The van der Waals surface area contributed by atoms with E-state index in [1.165, 1.54) is 12.8 Å². The molecular weight excluding hydrogens is 382 g/mol.